The number of aromatic nitrogens is 2. The van der Waals surface area contributed by atoms with E-state index in [2.05, 4.69) is 15.2 Å². The molecular weight excluding hydrogens is 471 g/mol. The van der Waals surface area contributed by atoms with Crippen molar-refractivity contribution < 1.29 is 9.13 Å². The summed E-state index contributed by atoms with van der Waals surface area (Å²) in [6.07, 6.45) is 3.71. The quantitative estimate of drug-likeness (QED) is 0.323. The molecule has 172 valence electrons. The van der Waals surface area contributed by atoms with E-state index in [1.807, 2.05) is 72.3 Å². The van der Waals surface area contributed by atoms with Crippen molar-refractivity contribution in [2.75, 3.05) is 11.5 Å². The van der Waals surface area contributed by atoms with Crippen molar-refractivity contribution in [1.29, 1.82) is 0 Å². The highest BCUT2D eigenvalue weighted by Crippen LogP contribution is 2.42. The van der Waals surface area contributed by atoms with Crippen molar-refractivity contribution in [3.05, 3.63) is 107 Å². The fraction of sp³-hybridized carbons (Fsp3) is 0.154. The van der Waals surface area contributed by atoms with Gasteiger partial charge in [0.05, 0.1) is 23.4 Å². The third-order valence-corrected chi connectivity index (χ3v) is 6.39. The van der Waals surface area contributed by atoms with E-state index in [1.165, 1.54) is 6.07 Å². The lowest BCUT2D eigenvalue weighted by atomic mass is 10.0. The van der Waals surface area contributed by atoms with Crippen LogP contribution in [0.5, 0.6) is 5.75 Å². The van der Waals surface area contributed by atoms with Gasteiger partial charge in [0, 0.05) is 29.5 Å². The number of thiocarbonyl (C=S) groups is 1. The van der Waals surface area contributed by atoms with E-state index in [0.29, 0.717) is 11.7 Å². The summed E-state index contributed by atoms with van der Waals surface area (Å²) in [5, 5.41) is 4.12. The van der Waals surface area contributed by atoms with Gasteiger partial charge >= 0.3 is 0 Å². The molecule has 0 unspecified atom stereocenters. The Kier molecular flexibility index (Phi) is 6.22. The van der Waals surface area contributed by atoms with Crippen LogP contribution in [0.15, 0.2) is 85.2 Å². The summed E-state index contributed by atoms with van der Waals surface area (Å²) in [4.78, 5) is 6.69. The average molecular weight is 493 g/mol. The second-order valence-electron chi connectivity index (χ2n) is 7.82. The summed E-state index contributed by atoms with van der Waals surface area (Å²) in [5.74, 6) is 0.344. The van der Waals surface area contributed by atoms with Crippen molar-refractivity contribution in [2.45, 2.75) is 19.0 Å². The van der Waals surface area contributed by atoms with Gasteiger partial charge in [0.2, 0.25) is 0 Å². The first-order valence-corrected chi connectivity index (χ1v) is 11.7. The van der Waals surface area contributed by atoms with E-state index < -0.39 is 5.82 Å². The molecular formula is C26H22ClFN4OS. The molecule has 0 spiro atoms. The van der Waals surface area contributed by atoms with E-state index in [1.54, 1.807) is 18.3 Å². The Morgan fingerprint density at radius 3 is 2.56 bits per heavy atom. The first kappa shape index (κ1) is 22.4. The van der Waals surface area contributed by atoms with Gasteiger partial charge in [-0.1, -0.05) is 17.7 Å². The van der Waals surface area contributed by atoms with Crippen LogP contribution in [0.3, 0.4) is 0 Å². The minimum absolute atomic E-state index is 0.0712. The molecule has 3 heterocycles. The first-order valence-electron chi connectivity index (χ1n) is 10.9. The number of hydrogen-bond donors (Lipinski definition) is 1. The normalized spacial score (nSPS) is 17.6. The second kappa shape index (κ2) is 9.44. The third-order valence-electron chi connectivity index (χ3n) is 5.79. The molecule has 1 aliphatic heterocycles. The number of halogens is 2. The topological polar surface area (TPSA) is 42.3 Å². The summed E-state index contributed by atoms with van der Waals surface area (Å²) in [7, 11) is 0. The highest BCUT2D eigenvalue weighted by molar-refractivity contribution is 7.80. The van der Waals surface area contributed by atoms with Gasteiger partial charge in [-0.2, -0.15) is 0 Å². The highest BCUT2D eigenvalue weighted by atomic mass is 35.5. The lowest BCUT2D eigenvalue weighted by Crippen LogP contribution is -2.30. The van der Waals surface area contributed by atoms with Gasteiger partial charge < -0.3 is 19.5 Å². The van der Waals surface area contributed by atoms with Crippen LogP contribution in [-0.2, 0) is 0 Å². The molecule has 4 aromatic rings. The zero-order valence-corrected chi connectivity index (χ0v) is 19.9. The molecule has 34 heavy (non-hydrogen) atoms. The Balaban J connectivity index is 1.63. The molecule has 0 radical (unpaired) electrons. The third kappa shape index (κ3) is 4.13. The number of nitrogens with one attached hydrogen (secondary N) is 1. The summed E-state index contributed by atoms with van der Waals surface area (Å²) < 4.78 is 21.5. The molecule has 1 fully saturated rings. The van der Waals surface area contributed by atoms with E-state index in [-0.39, 0.29) is 17.1 Å². The molecule has 0 aliphatic carbocycles. The summed E-state index contributed by atoms with van der Waals surface area (Å²) in [6.45, 7) is 2.55. The van der Waals surface area contributed by atoms with Gasteiger partial charge in [-0.3, -0.25) is 4.98 Å². The number of pyridine rings is 1. The maximum absolute atomic E-state index is 13.9. The van der Waals surface area contributed by atoms with Crippen LogP contribution in [0.25, 0.3) is 5.69 Å². The van der Waals surface area contributed by atoms with Gasteiger partial charge in [0.25, 0.3) is 0 Å². The largest absolute Gasteiger partial charge is 0.494 e. The van der Waals surface area contributed by atoms with E-state index >= 15 is 0 Å². The molecule has 1 N–H and O–H groups in total. The molecule has 5 nitrogen and oxygen atoms in total. The number of hydrogen-bond acceptors (Lipinski definition) is 3. The predicted molar refractivity (Wildman–Crippen MR) is 136 cm³/mol. The van der Waals surface area contributed by atoms with Crippen LogP contribution in [0, 0.1) is 5.82 Å². The van der Waals surface area contributed by atoms with E-state index in [0.717, 1.165) is 28.5 Å². The number of nitrogens with zero attached hydrogens (tertiary/aromatic N) is 3. The Hall–Kier alpha value is -3.42. The van der Waals surface area contributed by atoms with E-state index in [4.69, 9.17) is 28.6 Å². The van der Waals surface area contributed by atoms with Gasteiger partial charge in [-0.15, -0.1) is 0 Å². The average Bonchev–Trinajstić information content (AvgIpc) is 3.46. The second-order valence-corrected chi connectivity index (χ2v) is 8.62. The highest BCUT2D eigenvalue weighted by Gasteiger charge is 2.42. The lowest BCUT2D eigenvalue weighted by molar-refractivity contribution is 0.340. The Labute approximate surface area is 207 Å². The molecule has 0 amide bonds. The van der Waals surface area contributed by atoms with Crippen molar-refractivity contribution in [3.8, 4) is 11.4 Å². The Morgan fingerprint density at radius 1 is 1.06 bits per heavy atom. The maximum Gasteiger partial charge on any atom is 0.174 e. The lowest BCUT2D eigenvalue weighted by Gasteiger charge is -2.29. The van der Waals surface area contributed by atoms with Crippen LogP contribution in [0.4, 0.5) is 10.1 Å². The molecule has 1 saturated heterocycles. The van der Waals surface area contributed by atoms with Crippen LogP contribution < -0.4 is 15.0 Å². The number of rotatable bonds is 6. The standard InChI is InChI=1S/C26H22ClFN4OS/c1-2-33-19-11-8-17(9-12-19)32-25(24(30-26(32)34)22-6-3-4-14-29-22)23-7-5-15-31(23)18-10-13-21(28)20(27)16-18/h3-16,24-25H,2H2,1H3,(H,30,34)/t24-,25-/m1/s1. The first-order chi connectivity index (χ1) is 16.6. The predicted octanol–water partition coefficient (Wildman–Crippen LogP) is 6.24. The zero-order valence-electron chi connectivity index (χ0n) is 18.4. The van der Waals surface area contributed by atoms with Gasteiger partial charge in [-0.05, 0) is 85.9 Å². The molecule has 2 aromatic carbocycles. The maximum atomic E-state index is 13.9. The van der Waals surface area contributed by atoms with Crippen molar-refractivity contribution >= 4 is 34.6 Å². The number of benzene rings is 2. The number of anilines is 1. The van der Waals surface area contributed by atoms with Crippen LogP contribution in [0.2, 0.25) is 5.02 Å². The van der Waals surface area contributed by atoms with E-state index in [9.17, 15) is 4.39 Å². The van der Waals surface area contributed by atoms with Crippen LogP contribution >= 0.6 is 23.8 Å². The SMILES string of the molecule is CCOc1ccc(N2C(=S)N[C@H](c3ccccn3)[C@H]2c2cccn2-c2ccc(F)c(Cl)c2)cc1. The molecule has 2 aromatic heterocycles. The minimum atomic E-state index is -0.454. The van der Waals surface area contributed by atoms with Crippen molar-refractivity contribution in [3.63, 3.8) is 0 Å². The Bertz CT molecular complexity index is 1310. The summed E-state index contributed by atoms with van der Waals surface area (Å²) in [5.41, 5.74) is 3.51. The van der Waals surface area contributed by atoms with Crippen LogP contribution in [0.1, 0.15) is 30.4 Å². The molecule has 0 saturated carbocycles. The zero-order chi connectivity index (χ0) is 23.7. The monoisotopic (exact) mass is 492 g/mol. The van der Waals surface area contributed by atoms with Gasteiger partial charge in [-0.25, -0.2) is 4.39 Å². The minimum Gasteiger partial charge on any atom is -0.494 e. The summed E-state index contributed by atoms with van der Waals surface area (Å²) in [6, 6.07) is 22.0. The van der Waals surface area contributed by atoms with Gasteiger partial charge in [0.1, 0.15) is 17.6 Å². The Morgan fingerprint density at radius 2 is 1.85 bits per heavy atom. The molecule has 5 rings (SSSR count). The molecule has 8 heteroatoms. The van der Waals surface area contributed by atoms with Gasteiger partial charge in [0.15, 0.2) is 5.11 Å². The van der Waals surface area contributed by atoms with Crippen LogP contribution in [-0.4, -0.2) is 21.3 Å². The molecule has 0 bridgehead atoms. The van der Waals surface area contributed by atoms with Crippen molar-refractivity contribution in [1.82, 2.24) is 14.9 Å². The fourth-order valence-corrected chi connectivity index (χ4v) is 4.83. The smallest absolute Gasteiger partial charge is 0.174 e. The molecule has 1 aliphatic rings. The summed E-state index contributed by atoms with van der Waals surface area (Å²) >= 11 is 11.9. The van der Waals surface area contributed by atoms with Crippen molar-refractivity contribution in [2.24, 2.45) is 0 Å². The molecule has 2 atom stereocenters. The fourth-order valence-electron chi connectivity index (χ4n) is 4.31. The number of ether oxygens (including phenoxy) is 1.